The van der Waals surface area contributed by atoms with Crippen LogP contribution in [0, 0.1) is 5.95 Å². The van der Waals surface area contributed by atoms with Crippen LogP contribution >= 0.6 is 0 Å². The SMILES string of the molecule is COC(=O)C(OC(=O)c1ccnc(F)c1)c1ccccc1. The van der Waals surface area contributed by atoms with Crippen LogP contribution in [0.5, 0.6) is 0 Å². The monoisotopic (exact) mass is 289 g/mol. The van der Waals surface area contributed by atoms with Gasteiger partial charge in [-0.25, -0.2) is 14.6 Å². The van der Waals surface area contributed by atoms with E-state index in [0.717, 1.165) is 12.3 Å². The van der Waals surface area contributed by atoms with E-state index in [1.54, 1.807) is 30.3 Å². The highest BCUT2D eigenvalue weighted by molar-refractivity contribution is 5.91. The van der Waals surface area contributed by atoms with Gasteiger partial charge in [-0.3, -0.25) is 0 Å². The maximum absolute atomic E-state index is 13.0. The van der Waals surface area contributed by atoms with Crippen molar-refractivity contribution in [2.75, 3.05) is 7.11 Å². The summed E-state index contributed by atoms with van der Waals surface area (Å²) in [5.74, 6) is -2.36. The van der Waals surface area contributed by atoms with Crippen molar-refractivity contribution < 1.29 is 23.5 Å². The summed E-state index contributed by atoms with van der Waals surface area (Å²) in [4.78, 5) is 27.1. The van der Waals surface area contributed by atoms with E-state index in [9.17, 15) is 14.0 Å². The maximum atomic E-state index is 13.0. The number of esters is 2. The molecule has 0 amide bonds. The molecule has 2 rings (SSSR count). The lowest BCUT2D eigenvalue weighted by Gasteiger charge is -2.15. The smallest absolute Gasteiger partial charge is 0.351 e. The first-order chi connectivity index (χ1) is 10.1. The number of halogens is 1. The van der Waals surface area contributed by atoms with E-state index >= 15 is 0 Å². The van der Waals surface area contributed by atoms with Crippen LogP contribution in [0.2, 0.25) is 0 Å². The first kappa shape index (κ1) is 14.6. The third-order valence-electron chi connectivity index (χ3n) is 2.70. The number of aromatic nitrogens is 1. The second-order valence-electron chi connectivity index (χ2n) is 4.09. The molecule has 0 bridgehead atoms. The average molecular weight is 289 g/mol. The van der Waals surface area contributed by atoms with Gasteiger partial charge >= 0.3 is 11.9 Å². The lowest BCUT2D eigenvalue weighted by Crippen LogP contribution is -2.21. The summed E-state index contributed by atoms with van der Waals surface area (Å²) < 4.78 is 22.7. The van der Waals surface area contributed by atoms with Crippen molar-refractivity contribution in [2.45, 2.75) is 6.10 Å². The summed E-state index contributed by atoms with van der Waals surface area (Å²) in [6.07, 6.45) is -0.0679. The quantitative estimate of drug-likeness (QED) is 0.638. The molecule has 0 radical (unpaired) electrons. The predicted octanol–water partition coefficient (Wildman–Crippen LogP) is 2.29. The van der Waals surface area contributed by atoms with E-state index in [4.69, 9.17) is 4.74 Å². The van der Waals surface area contributed by atoms with Crippen LogP contribution < -0.4 is 0 Å². The van der Waals surface area contributed by atoms with Crippen LogP contribution in [0.15, 0.2) is 48.7 Å². The molecule has 1 aromatic carbocycles. The number of benzene rings is 1. The molecule has 1 atom stereocenters. The van der Waals surface area contributed by atoms with Gasteiger partial charge in [0, 0.05) is 17.8 Å². The molecule has 5 nitrogen and oxygen atoms in total. The highest BCUT2D eigenvalue weighted by Gasteiger charge is 2.26. The zero-order chi connectivity index (χ0) is 15.2. The maximum Gasteiger partial charge on any atom is 0.351 e. The second-order valence-corrected chi connectivity index (χ2v) is 4.09. The van der Waals surface area contributed by atoms with E-state index in [1.165, 1.54) is 13.2 Å². The van der Waals surface area contributed by atoms with Gasteiger partial charge in [0.15, 0.2) is 0 Å². The number of nitrogens with zero attached hydrogens (tertiary/aromatic N) is 1. The summed E-state index contributed by atoms with van der Waals surface area (Å²) in [6, 6.07) is 10.6. The number of hydrogen-bond acceptors (Lipinski definition) is 5. The molecule has 0 saturated heterocycles. The molecule has 0 aliphatic carbocycles. The molecule has 108 valence electrons. The van der Waals surface area contributed by atoms with E-state index in [1.807, 2.05) is 0 Å². The van der Waals surface area contributed by atoms with Crippen molar-refractivity contribution in [3.05, 3.63) is 65.7 Å². The number of carbonyl (C=O) groups excluding carboxylic acids is 2. The van der Waals surface area contributed by atoms with Gasteiger partial charge in [-0.2, -0.15) is 4.39 Å². The standard InChI is InChI=1S/C15H12FNO4/c1-20-15(19)13(10-5-3-2-4-6-10)21-14(18)11-7-8-17-12(16)9-11/h2-9,13H,1H3. The first-order valence-electron chi connectivity index (χ1n) is 6.07. The van der Waals surface area contributed by atoms with Crippen LogP contribution in [-0.4, -0.2) is 24.0 Å². The molecule has 0 aliphatic rings. The largest absolute Gasteiger partial charge is 0.466 e. The summed E-state index contributed by atoms with van der Waals surface area (Å²) in [7, 11) is 1.19. The third kappa shape index (κ3) is 3.62. The Kier molecular flexibility index (Phi) is 4.61. The Labute approximate surface area is 120 Å². The predicted molar refractivity (Wildman–Crippen MR) is 70.8 cm³/mol. The van der Waals surface area contributed by atoms with Gasteiger partial charge in [0.25, 0.3) is 0 Å². The van der Waals surface area contributed by atoms with Crippen LogP contribution in [0.25, 0.3) is 0 Å². The Balaban J connectivity index is 2.23. The van der Waals surface area contributed by atoms with Gasteiger partial charge in [-0.05, 0) is 6.07 Å². The van der Waals surface area contributed by atoms with Crippen LogP contribution in [0.3, 0.4) is 0 Å². The number of methoxy groups -OCH3 is 1. The summed E-state index contributed by atoms with van der Waals surface area (Å²) >= 11 is 0. The minimum atomic E-state index is -1.21. The first-order valence-corrected chi connectivity index (χ1v) is 6.07. The number of ether oxygens (including phenoxy) is 2. The van der Waals surface area contributed by atoms with Gasteiger partial charge in [0.2, 0.25) is 12.1 Å². The Morgan fingerprint density at radius 3 is 2.52 bits per heavy atom. The molecule has 0 aliphatic heterocycles. The van der Waals surface area contributed by atoms with Crippen LogP contribution in [0.1, 0.15) is 22.0 Å². The molecule has 0 fully saturated rings. The zero-order valence-corrected chi connectivity index (χ0v) is 11.2. The molecule has 1 unspecified atom stereocenters. The number of pyridine rings is 1. The second kappa shape index (κ2) is 6.60. The van der Waals surface area contributed by atoms with Gasteiger partial charge in [0.05, 0.1) is 12.7 Å². The molecule has 1 heterocycles. The number of hydrogen-bond donors (Lipinski definition) is 0. The molecule has 6 heteroatoms. The van der Waals surface area contributed by atoms with Crippen molar-refractivity contribution in [3.63, 3.8) is 0 Å². The Morgan fingerprint density at radius 2 is 1.90 bits per heavy atom. The molecule has 0 N–H and O–H groups in total. The fraction of sp³-hybridized carbons (Fsp3) is 0.133. The molecular formula is C15H12FNO4. The lowest BCUT2D eigenvalue weighted by molar-refractivity contribution is -0.151. The van der Waals surface area contributed by atoms with Crippen molar-refractivity contribution in [1.82, 2.24) is 4.98 Å². The molecule has 0 saturated carbocycles. The molecular weight excluding hydrogens is 277 g/mol. The molecule has 2 aromatic rings. The van der Waals surface area contributed by atoms with Crippen LogP contribution in [0.4, 0.5) is 4.39 Å². The summed E-state index contributed by atoms with van der Waals surface area (Å²) in [5, 5.41) is 0. The molecule has 21 heavy (non-hydrogen) atoms. The van der Waals surface area contributed by atoms with E-state index in [2.05, 4.69) is 9.72 Å². The fourth-order valence-corrected chi connectivity index (χ4v) is 1.69. The Bertz CT molecular complexity index is 645. The topological polar surface area (TPSA) is 65.5 Å². The minimum absolute atomic E-state index is 0.0349. The zero-order valence-electron chi connectivity index (χ0n) is 11.2. The number of carbonyl (C=O) groups is 2. The van der Waals surface area contributed by atoms with Crippen molar-refractivity contribution in [3.8, 4) is 0 Å². The summed E-state index contributed by atoms with van der Waals surface area (Å²) in [5.41, 5.74) is 0.430. The van der Waals surface area contributed by atoms with E-state index in [0.29, 0.717) is 5.56 Å². The van der Waals surface area contributed by atoms with Gasteiger partial charge in [-0.1, -0.05) is 30.3 Å². The average Bonchev–Trinajstić information content (AvgIpc) is 2.52. The normalized spacial score (nSPS) is 11.5. The van der Waals surface area contributed by atoms with Crippen LogP contribution in [-0.2, 0) is 14.3 Å². The Hall–Kier alpha value is -2.76. The number of rotatable bonds is 4. The van der Waals surface area contributed by atoms with Crippen molar-refractivity contribution >= 4 is 11.9 Å². The van der Waals surface area contributed by atoms with Gasteiger partial charge < -0.3 is 9.47 Å². The lowest BCUT2D eigenvalue weighted by atomic mass is 10.1. The highest BCUT2D eigenvalue weighted by atomic mass is 19.1. The van der Waals surface area contributed by atoms with Crippen molar-refractivity contribution in [2.24, 2.45) is 0 Å². The van der Waals surface area contributed by atoms with Crippen molar-refractivity contribution in [1.29, 1.82) is 0 Å². The fourth-order valence-electron chi connectivity index (χ4n) is 1.69. The molecule has 0 spiro atoms. The van der Waals surface area contributed by atoms with E-state index < -0.39 is 24.0 Å². The Morgan fingerprint density at radius 1 is 1.19 bits per heavy atom. The molecule has 1 aromatic heterocycles. The van der Waals surface area contributed by atoms with E-state index in [-0.39, 0.29) is 5.56 Å². The van der Waals surface area contributed by atoms with Gasteiger partial charge in [-0.15, -0.1) is 0 Å². The highest BCUT2D eigenvalue weighted by Crippen LogP contribution is 2.20. The van der Waals surface area contributed by atoms with Gasteiger partial charge in [0.1, 0.15) is 0 Å². The third-order valence-corrected chi connectivity index (χ3v) is 2.70. The summed E-state index contributed by atoms with van der Waals surface area (Å²) in [6.45, 7) is 0. The minimum Gasteiger partial charge on any atom is -0.466 e.